The monoisotopic (exact) mass is 818 g/mol. The van der Waals surface area contributed by atoms with E-state index in [1.54, 1.807) is 0 Å². The van der Waals surface area contributed by atoms with E-state index in [1.807, 2.05) is 36.4 Å². The van der Waals surface area contributed by atoms with Crippen molar-refractivity contribution in [3.05, 3.63) is 206 Å². The predicted molar refractivity (Wildman–Crippen MR) is 261 cm³/mol. The van der Waals surface area contributed by atoms with Crippen LogP contribution in [-0.2, 0) is 0 Å². The number of aromatic nitrogens is 6. The summed E-state index contributed by atoms with van der Waals surface area (Å²) in [6.07, 6.45) is 0. The first-order chi connectivity index (χ1) is 31.8. The molecular weight excluding hydrogens is 785 g/mol. The van der Waals surface area contributed by atoms with E-state index in [4.69, 9.17) is 19.4 Å². The van der Waals surface area contributed by atoms with Crippen molar-refractivity contribution in [2.24, 2.45) is 0 Å². The molecule has 0 N–H and O–H groups in total. The molecule has 0 amide bonds. The van der Waals surface area contributed by atoms with Crippen molar-refractivity contribution < 1.29 is 4.42 Å². The van der Waals surface area contributed by atoms with Gasteiger partial charge < -0.3 is 13.6 Å². The van der Waals surface area contributed by atoms with Gasteiger partial charge in [-0.25, -0.2) is 4.98 Å². The van der Waals surface area contributed by atoms with Crippen LogP contribution in [0.25, 0.3) is 127 Å². The molecule has 0 bridgehead atoms. The van der Waals surface area contributed by atoms with Crippen LogP contribution < -0.4 is 0 Å². The van der Waals surface area contributed by atoms with Crippen LogP contribution in [-0.4, -0.2) is 28.7 Å². The van der Waals surface area contributed by atoms with Gasteiger partial charge in [-0.1, -0.05) is 152 Å². The van der Waals surface area contributed by atoms with Gasteiger partial charge in [-0.15, -0.1) is 0 Å². The molecule has 298 valence electrons. The van der Waals surface area contributed by atoms with Crippen molar-refractivity contribution in [2.75, 3.05) is 0 Å². The van der Waals surface area contributed by atoms with E-state index in [9.17, 15) is 0 Å². The first kappa shape index (κ1) is 34.9. The van der Waals surface area contributed by atoms with Gasteiger partial charge in [-0.3, -0.25) is 4.57 Å². The molecule has 7 heteroatoms. The number of rotatable bonds is 5. The molecule has 0 unspecified atom stereocenters. The minimum atomic E-state index is 0.506. The average molecular weight is 819 g/mol. The SMILES string of the molecule is c1ccc(-c2nc(-c3cccc4c3oc3ccccc34)nc(-n3c4ccccc4c4c3c(-n3c5ccccc5c5ccccc53)cc3c5ccccc5n(-c5ccccc5)c34)n2)cc1. The molecule has 5 heterocycles. The van der Waals surface area contributed by atoms with E-state index in [0.29, 0.717) is 17.6 Å². The zero-order valence-electron chi connectivity index (χ0n) is 34.2. The van der Waals surface area contributed by atoms with Gasteiger partial charge in [0.15, 0.2) is 11.6 Å². The third-order valence-electron chi connectivity index (χ3n) is 12.9. The molecule has 0 radical (unpaired) electrons. The van der Waals surface area contributed by atoms with Gasteiger partial charge >= 0.3 is 0 Å². The zero-order valence-corrected chi connectivity index (χ0v) is 34.2. The largest absolute Gasteiger partial charge is 0.455 e. The Morgan fingerprint density at radius 3 is 1.59 bits per heavy atom. The molecule has 0 atom stereocenters. The summed E-state index contributed by atoms with van der Waals surface area (Å²) in [5.74, 6) is 1.60. The number of furan rings is 1. The molecule has 0 fully saturated rings. The lowest BCUT2D eigenvalue weighted by atomic mass is 10.1. The van der Waals surface area contributed by atoms with E-state index in [0.717, 1.165) is 93.7 Å². The van der Waals surface area contributed by atoms with Crippen molar-refractivity contribution in [3.8, 4) is 40.1 Å². The van der Waals surface area contributed by atoms with Crippen molar-refractivity contribution in [3.63, 3.8) is 0 Å². The standard InChI is InChI=1S/C57H34N6O/c1-3-18-35(19-4-1)55-58-56(43-28-17-27-41-40-25-11-16-33-50(40)64-54(41)43)60-57(59-55)63-48-32-15-10-26-42(48)51-52-44(39-24-9-12-29-45(39)61(52)36-20-5-2-6-21-36)34-49(53(51)63)62-46-30-13-7-22-37(46)38-23-8-14-31-47(38)62/h1-34H. The van der Waals surface area contributed by atoms with Gasteiger partial charge in [0.2, 0.25) is 5.95 Å². The maximum Gasteiger partial charge on any atom is 0.238 e. The van der Waals surface area contributed by atoms with E-state index < -0.39 is 0 Å². The molecular formula is C57H34N6O. The first-order valence-corrected chi connectivity index (χ1v) is 21.5. The summed E-state index contributed by atoms with van der Waals surface area (Å²) >= 11 is 0. The zero-order chi connectivity index (χ0) is 41.9. The molecule has 7 nitrogen and oxygen atoms in total. The molecule has 9 aromatic carbocycles. The highest BCUT2D eigenvalue weighted by atomic mass is 16.3. The van der Waals surface area contributed by atoms with Crippen LogP contribution in [0.15, 0.2) is 211 Å². The number of nitrogens with zero attached hydrogens (tertiary/aromatic N) is 6. The third kappa shape index (κ3) is 4.89. The smallest absolute Gasteiger partial charge is 0.238 e. The van der Waals surface area contributed by atoms with Crippen LogP contribution in [0.2, 0.25) is 0 Å². The van der Waals surface area contributed by atoms with Gasteiger partial charge in [0.25, 0.3) is 0 Å². The van der Waals surface area contributed by atoms with Gasteiger partial charge in [0.1, 0.15) is 11.2 Å². The highest BCUT2D eigenvalue weighted by Crippen LogP contribution is 2.46. The second kappa shape index (κ2) is 13.3. The highest BCUT2D eigenvalue weighted by molar-refractivity contribution is 6.28. The van der Waals surface area contributed by atoms with Crippen molar-refractivity contribution in [2.45, 2.75) is 0 Å². The molecule has 64 heavy (non-hydrogen) atoms. The summed E-state index contributed by atoms with van der Waals surface area (Å²) in [7, 11) is 0. The fourth-order valence-electron chi connectivity index (χ4n) is 10.2. The number of hydrogen-bond donors (Lipinski definition) is 0. The Kier molecular flexibility index (Phi) is 7.27. The molecule has 14 rings (SSSR count). The maximum absolute atomic E-state index is 6.62. The van der Waals surface area contributed by atoms with Crippen molar-refractivity contribution >= 4 is 87.4 Å². The summed E-state index contributed by atoms with van der Waals surface area (Å²) in [6, 6.07) is 72.5. The number of fused-ring (bicyclic) bond motifs is 13. The lowest BCUT2D eigenvalue weighted by molar-refractivity contribution is 0.669. The lowest BCUT2D eigenvalue weighted by Gasteiger charge is -2.16. The number of para-hydroxylation sites is 7. The summed E-state index contributed by atoms with van der Waals surface area (Å²) in [5, 5.41) is 8.97. The predicted octanol–water partition coefficient (Wildman–Crippen LogP) is 14.4. The molecule has 5 aromatic heterocycles. The Morgan fingerprint density at radius 2 is 0.891 bits per heavy atom. The molecule has 0 aliphatic carbocycles. The Hall–Kier alpha value is -8.81. The summed E-state index contributed by atoms with van der Waals surface area (Å²) in [5.41, 5.74) is 11.8. The summed E-state index contributed by atoms with van der Waals surface area (Å²) < 4.78 is 13.8. The fourth-order valence-corrected chi connectivity index (χ4v) is 10.2. The maximum atomic E-state index is 6.62. The third-order valence-corrected chi connectivity index (χ3v) is 12.9. The fraction of sp³-hybridized carbons (Fsp3) is 0. The number of hydrogen-bond acceptors (Lipinski definition) is 4. The quantitative estimate of drug-likeness (QED) is 0.173. The van der Waals surface area contributed by atoms with Gasteiger partial charge in [0, 0.05) is 54.3 Å². The van der Waals surface area contributed by atoms with E-state index >= 15 is 0 Å². The van der Waals surface area contributed by atoms with Crippen LogP contribution >= 0.6 is 0 Å². The Morgan fingerprint density at radius 1 is 0.359 bits per heavy atom. The second-order valence-corrected chi connectivity index (χ2v) is 16.4. The lowest BCUT2D eigenvalue weighted by Crippen LogP contribution is -2.08. The molecule has 0 spiro atoms. The minimum Gasteiger partial charge on any atom is -0.455 e. The Bertz CT molecular complexity index is 4140. The first-order valence-electron chi connectivity index (χ1n) is 21.5. The molecule has 0 saturated carbocycles. The van der Waals surface area contributed by atoms with Crippen molar-refractivity contribution in [1.29, 1.82) is 0 Å². The van der Waals surface area contributed by atoms with Crippen LogP contribution in [0.3, 0.4) is 0 Å². The summed E-state index contributed by atoms with van der Waals surface area (Å²) in [6.45, 7) is 0. The Balaban J connectivity index is 1.20. The minimum absolute atomic E-state index is 0.506. The Labute approximate surface area is 365 Å². The molecule has 0 aliphatic rings. The van der Waals surface area contributed by atoms with E-state index in [2.05, 4.69) is 184 Å². The van der Waals surface area contributed by atoms with Gasteiger partial charge in [0.05, 0.1) is 44.4 Å². The molecule has 0 saturated heterocycles. The normalized spacial score (nSPS) is 12.1. The van der Waals surface area contributed by atoms with E-state index in [-0.39, 0.29) is 0 Å². The van der Waals surface area contributed by atoms with Gasteiger partial charge in [-0.05, 0) is 54.6 Å². The highest BCUT2D eigenvalue weighted by Gasteiger charge is 2.28. The van der Waals surface area contributed by atoms with E-state index in [1.165, 1.54) is 16.2 Å². The molecule has 14 aromatic rings. The number of benzene rings is 9. The van der Waals surface area contributed by atoms with Crippen LogP contribution in [0.5, 0.6) is 0 Å². The summed E-state index contributed by atoms with van der Waals surface area (Å²) in [4.78, 5) is 16.2. The topological polar surface area (TPSA) is 66.6 Å². The van der Waals surface area contributed by atoms with Crippen LogP contribution in [0.1, 0.15) is 0 Å². The van der Waals surface area contributed by atoms with Crippen LogP contribution in [0.4, 0.5) is 0 Å². The second-order valence-electron chi connectivity index (χ2n) is 16.4. The van der Waals surface area contributed by atoms with Crippen LogP contribution in [0, 0.1) is 0 Å². The molecule has 0 aliphatic heterocycles. The van der Waals surface area contributed by atoms with Crippen molar-refractivity contribution in [1.82, 2.24) is 28.7 Å². The van der Waals surface area contributed by atoms with Gasteiger partial charge in [-0.2, -0.15) is 9.97 Å². The average Bonchev–Trinajstić information content (AvgIpc) is 4.11.